The fraction of sp³-hybridized carbons (Fsp3) is 0.643. The van der Waals surface area contributed by atoms with Crippen molar-refractivity contribution in [1.82, 2.24) is 4.98 Å². The van der Waals surface area contributed by atoms with Crippen molar-refractivity contribution in [2.45, 2.75) is 58.3 Å². The minimum absolute atomic E-state index is 0.841. The molecule has 2 nitrogen and oxygen atoms in total. The highest BCUT2D eigenvalue weighted by Gasteiger charge is 1.98. The molecule has 0 aromatic carbocycles. The van der Waals surface area contributed by atoms with Gasteiger partial charge < -0.3 is 5.73 Å². The average Bonchev–Trinajstić information content (AvgIpc) is 2.30. The van der Waals surface area contributed by atoms with E-state index >= 15 is 0 Å². The zero-order chi connectivity index (χ0) is 11.6. The number of aryl methyl sites for hydroxylation is 1. The molecule has 16 heavy (non-hydrogen) atoms. The monoisotopic (exact) mass is 220 g/mol. The minimum atomic E-state index is 0.841. The summed E-state index contributed by atoms with van der Waals surface area (Å²) < 4.78 is 0. The summed E-state index contributed by atoms with van der Waals surface area (Å²) in [4.78, 5) is 4.30. The van der Waals surface area contributed by atoms with Crippen LogP contribution in [0, 0.1) is 0 Å². The molecular formula is C14H24N2. The van der Waals surface area contributed by atoms with Gasteiger partial charge in [-0.05, 0) is 25.0 Å². The van der Waals surface area contributed by atoms with Crippen molar-refractivity contribution in [3.05, 3.63) is 24.0 Å². The summed E-state index contributed by atoms with van der Waals surface area (Å²) in [5, 5.41) is 0. The number of hydrogen-bond acceptors (Lipinski definition) is 2. The van der Waals surface area contributed by atoms with Gasteiger partial charge in [0, 0.05) is 6.20 Å². The van der Waals surface area contributed by atoms with E-state index < -0.39 is 0 Å². The van der Waals surface area contributed by atoms with Gasteiger partial charge in [0.1, 0.15) is 0 Å². The van der Waals surface area contributed by atoms with Crippen LogP contribution in [0.15, 0.2) is 18.3 Å². The summed E-state index contributed by atoms with van der Waals surface area (Å²) in [6, 6.07) is 3.83. The Labute approximate surface area is 99.3 Å². The Kier molecular flexibility index (Phi) is 6.62. The van der Waals surface area contributed by atoms with Crippen molar-refractivity contribution in [1.29, 1.82) is 0 Å². The van der Waals surface area contributed by atoms with Crippen molar-refractivity contribution in [2.24, 2.45) is 0 Å². The molecule has 0 atom stereocenters. The van der Waals surface area contributed by atoms with Gasteiger partial charge in [0.2, 0.25) is 0 Å². The van der Waals surface area contributed by atoms with Crippen LogP contribution < -0.4 is 5.73 Å². The largest absolute Gasteiger partial charge is 0.397 e. The summed E-state index contributed by atoms with van der Waals surface area (Å²) in [6.45, 7) is 2.25. The predicted octanol–water partition coefficient (Wildman–Crippen LogP) is 3.96. The van der Waals surface area contributed by atoms with Crippen LogP contribution in [0.2, 0.25) is 0 Å². The molecule has 0 amide bonds. The van der Waals surface area contributed by atoms with Crippen molar-refractivity contribution < 1.29 is 0 Å². The first-order valence-electron chi connectivity index (χ1n) is 6.54. The van der Waals surface area contributed by atoms with Gasteiger partial charge in [-0.15, -0.1) is 0 Å². The van der Waals surface area contributed by atoms with E-state index in [1.807, 2.05) is 18.3 Å². The summed E-state index contributed by atoms with van der Waals surface area (Å²) in [6.07, 6.45) is 12.2. The Balaban J connectivity index is 2.05. The van der Waals surface area contributed by atoms with Gasteiger partial charge in [0.05, 0.1) is 11.4 Å². The lowest BCUT2D eigenvalue weighted by Crippen LogP contribution is -1.97. The number of pyridine rings is 1. The fourth-order valence-electron chi connectivity index (χ4n) is 1.91. The van der Waals surface area contributed by atoms with Crippen LogP contribution in [0.3, 0.4) is 0 Å². The van der Waals surface area contributed by atoms with Crippen LogP contribution in [0.4, 0.5) is 5.69 Å². The lowest BCUT2D eigenvalue weighted by Gasteiger charge is -2.04. The Morgan fingerprint density at radius 1 is 1.06 bits per heavy atom. The normalized spacial score (nSPS) is 10.6. The highest BCUT2D eigenvalue weighted by atomic mass is 14.7. The first-order chi connectivity index (χ1) is 7.84. The molecule has 90 valence electrons. The second-order valence-electron chi connectivity index (χ2n) is 4.41. The quantitative estimate of drug-likeness (QED) is 0.673. The molecule has 1 rings (SSSR count). The number of rotatable bonds is 8. The number of anilines is 1. The van der Waals surface area contributed by atoms with Gasteiger partial charge in [-0.25, -0.2) is 0 Å². The van der Waals surface area contributed by atoms with Gasteiger partial charge >= 0.3 is 0 Å². The Morgan fingerprint density at radius 2 is 1.75 bits per heavy atom. The number of aromatic nitrogens is 1. The van der Waals surface area contributed by atoms with E-state index in [1.165, 1.54) is 44.9 Å². The summed E-state index contributed by atoms with van der Waals surface area (Å²) in [5.41, 5.74) is 7.75. The summed E-state index contributed by atoms with van der Waals surface area (Å²) in [7, 11) is 0. The van der Waals surface area contributed by atoms with E-state index in [9.17, 15) is 0 Å². The lowest BCUT2D eigenvalue weighted by atomic mass is 10.1. The van der Waals surface area contributed by atoms with Gasteiger partial charge in [-0.1, -0.05) is 45.4 Å². The fourth-order valence-corrected chi connectivity index (χ4v) is 1.91. The number of nitrogens with zero attached hydrogens (tertiary/aromatic N) is 1. The summed E-state index contributed by atoms with van der Waals surface area (Å²) in [5.74, 6) is 0. The molecule has 0 fully saturated rings. The number of unbranched alkanes of at least 4 members (excludes halogenated alkanes) is 6. The molecule has 0 saturated carbocycles. The lowest BCUT2D eigenvalue weighted by molar-refractivity contribution is 0.587. The second-order valence-corrected chi connectivity index (χ2v) is 4.41. The maximum absolute atomic E-state index is 5.84. The third-order valence-electron chi connectivity index (χ3n) is 2.94. The third-order valence-corrected chi connectivity index (χ3v) is 2.94. The standard InChI is InChI=1S/C14H24N2/c1-2-3-4-5-6-7-8-11-14-13(15)10-9-12-16-14/h9-10,12H,2-8,11,15H2,1H3. The Bertz CT molecular complexity index is 284. The molecule has 2 heteroatoms. The first kappa shape index (κ1) is 13.0. The third kappa shape index (κ3) is 5.15. The van der Waals surface area contributed by atoms with Crippen molar-refractivity contribution >= 4 is 5.69 Å². The molecule has 0 unspecified atom stereocenters. The van der Waals surface area contributed by atoms with Gasteiger partial charge in [0.25, 0.3) is 0 Å². The van der Waals surface area contributed by atoms with Crippen molar-refractivity contribution in [3.8, 4) is 0 Å². The van der Waals surface area contributed by atoms with Gasteiger partial charge in [-0.3, -0.25) is 4.98 Å². The predicted molar refractivity (Wildman–Crippen MR) is 70.3 cm³/mol. The van der Waals surface area contributed by atoms with E-state index in [0.717, 1.165) is 17.8 Å². The number of nitrogens with two attached hydrogens (primary N) is 1. The van der Waals surface area contributed by atoms with Crippen LogP contribution in [-0.2, 0) is 6.42 Å². The molecule has 2 N–H and O–H groups in total. The van der Waals surface area contributed by atoms with Crippen molar-refractivity contribution in [3.63, 3.8) is 0 Å². The van der Waals surface area contributed by atoms with E-state index in [2.05, 4.69) is 11.9 Å². The molecule has 0 bridgehead atoms. The topological polar surface area (TPSA) is 38.9 Å². The molecule has 0 saturated heterocycles. The second kappa shape index (κ2) is 8.14. The van der Waals surface area contributed by atoms with Crippen LogP contribution in [-0.4, -0.2) is 4.98 Å². The molecule has 1 aromatic rings. The van der Waals surface area contributed by atoms with Crippen LogP contribution in [0.5, 0.6) is 0 Å². The molecule has 1 heterocycles. The minimum Gasteiger partial charge on any atom is -0.397 e. The zero-order valence-corrected chi connectivity index (χ0v) is 10.4. The van der Waals surface area contributed by atoms with E-state index in [-0.39, 0.29) is 0 Å². The van der Waals surface area contributed by atoms with E-state index in [0.29, 0.717) is 0 Å². The molecule has 0 radical (unpaired) electrons. The summed E-state index contributed by atoms with van der Waals surface area (Å²) >= 11 is 0. The molecule has 0 spiro atoms. The smallest absolute Gasteiger partial charge is 0.0632 e. The number of hydrogen-bond donors (Lipinski definition) is 1. The van der Waals surface area contributed by atoms with E-state index in [4.69, 9.17) is 5.73 Å². The highest BCUT2D eigenvalue weighted by molar-refractivity contribution is 5.41. The molecule has 0 aliphatic heterocycles. The van der Waals surface area contributed by atoms with Crippen LogP contribution >= 0.6 is 0 Å². The van der Waals surface area contributed by atoms with Gasteiger partial charge in [-0.2, -0.15) is 0 Å². The molecular weight excluding hydrogens is 196 g/mol. The highest BCUT2D eigenvalue weighted by Crippen LogP contribution is 2.13. The van der Waals surface area contributed by atoms with E-state index in [1.54, 1.807) is 0 Å². The molecule has 0 aliphatic rings. The van der Waals surface area contributed by atoms with Gasteiger partial charge in [0.15, 0.2) is 0 Å². The number of nitrogen functional groups attached to an aromatic ring is 1. The molecule has 1 aromatic heterocycles. The maximum atomic E-state index is 5.84. The SMILES string of the molecule is CCCCCCCCCc1ncccc1N. The van der Waals surface area contributed by atoms with Crippen LogP contribution in [0.1, 0.15) is 57.6 Å². The Hall–Kier alpha value is -1.05. The Morgan fingerprint density at radius 3 is 2.44 bits per heavy atom. The average molecular weight is 220 g/mol. The zero-order valence-electron chi connectivity index (χ0n) is 10.4. The maximum Gasteiger partial charge on any atom is 0.0632 e. The van der Waals surface area contributed by atoms with Crippen LogP contribution in [0.25, 0.3) is 0 Å². The van der Waals surface area contributed by atoms with Crippen molar-refractivity contribution in [2.75, 3.05) is 5.73 Å². The molecule has 0 aliphatic carbocycles. The first-order valence-corrected chi connectivity index (χ1v) is 6.54.